The zero-order valence-electron chi connectivity index (χ0n) is 55.7. The predicted octanol–water partition coefficient (Wildman–Crippen LogP) is 20.4. The zero-order valence-corrected chi connectivity index (χ0v) is 49.7. The van der Waals surface area contributed by atoms with Crippen LogP contribution in [-0.2, 0) is 21.7 Å². The molecule has 0 radical (unpaired) electrons. The van der Waals surface area contributed by atoms with Crippen LogP contribution >= 0.6 is 0 Å². The Morgan fingerprint density at radius 1 is 0.434 bits per heavy atom. The highest BCUT2D eigenvalue weighted by Gasteiger charge is 2.31. The Morgan fingerprint density at radius 2 is 1.00 bits per heavy atom. The van der Waals surface area contributed by atoms with Gasteiger partial charge in [-0.1, -0.05) is 210 Å². The lowest BCUT2D eigenvalue weighted by atomic mass is 9.77. The molecule has 0 spiro atoms. The summed E-state index contributed by atoms with van der Waals surface area (Å²) in [6, 6.07) is 64.2. The van der Waals surface area contributed by atoms with Gasteiger partial charge in [-0.2, -0.15) is 0 Å². The van der Waals surface area contributed by atoms with Crippen LogP contribution in [-0.4, -0.2) is 14.1 Å². The van der Waals surface area contributed by atoms with Crippen LogP contribution in [0, 0.1) is 20.0 Å². The van der Waals surface area contributed by atoms with E-state index in [1.165, 1.54) is 28.8 Å². The molecule has 83 heavy (non-hydrogen) atoms. The van der Waals surface area contributed by atoms with Gasteiger partial charge in [-0.3, -0.25) is 13.7 Å². The second-order valence-corrected chi connectivity index (χ2v) is 26.7. The average Bonchev–Trinajstić information content (AvgIpc) is 1.62. The molecule has 1 aliphatic rings. The van der Waals surface area contributed by atoms with Crippen molar-refractivity contribution in [2.75, 3.05) is 0 Å². The van der Waals surface area contributed by atoms with E-state index in [1.807, 2.05) is 59.3 Å². The molecule has 0 fully saturated rings. The van der Waals surface area contributed by atoms with Crippen molar-refractivity contribution < 1.29 is 17.5 Å². The monoisotopic (exact) mass is 1090 g/mol. The summed E-state index contributed by atoms with van der Waals surface area (Å²) in [6.45, 7) is 21.8. The molecule has 5 heteroatoms. The molecule has 0 amide bonds. The number of hydrogen-bond donors (Lipinski definition) is 0. The van der Waals surface area contributed by atoms with Gasteiger partial charge in [0.15, 0.2) is 0 Å². The molecule has 412 valence electrons. The van der Waals surface area contributed by atoms with Gasteiger partial charge in [-0.05, 0) is 179 Å². The molecule has 4 heterocycles. The zero-order chi connectivity index (χ0) is 63.1. The quantitative estimate of drug-likeness (QED) is 0.123. The third kappa shape index (κ3) is 9.35. The maximum atomic E-state index is 8.95. The van der Waals surface area contributed by atoms with E-state index in [-0.39, 0.29) is 38.4 Å². The number of fused-ring (bicyclic) bond motifs is 10. The number of aryl methyl sites for hydroxylation is 2. The first-order valence-electron chi connectivity index (χ1n) is 31.9. The van der Waals surface area contributed by atoms with E-state index in [1.54, 1.807) is 6.07 Å². The van der Waals surface area contributed by atoms with Crippen LogP contribution in [0.3, 0.4) is 0 Å². The van der Waals surface area contributed by atoms with Gasteiger partial charge in [0.05, 0.1) is 33.4 Å². The van der Waals surface area contributed by atoms with Crippen LogP contribution in [0.25, 0.3) is 106 Å². The summed E-state index contributed by atoms with van der Waals surface area (Å²) in [4.78, 5) is 4.93. The number of hydrogen-bond acceptors (Lipinski definition) is 2. The van der Waals surface area contributed by atoms with E-state index in [0.717, 1.165) is 88.9 Å². The average molecular weight is 1090 g/mol. The van der Waals surface area contributed by atoms with Crippen LogP contribution in [0.4, 0.5) is 0 Å². The van der Waals surface area contributed by atoms with E-state index in [2.05, 4.69) is 220 Å². The van der Waals surface area contributed by atoms with E-state index in [4.69, 9.17) is 17.9 Å². The highest BCUT2D eigenvalue weighted by Crippen LogP contribution is 2.49. The minimum atomic E-state index is -2.67. The number of para-hydroxylation sites is 1. The molecule has 5 nitrogen and oxygen atoms in total. The van der Waals surface area contributed by atoms with Gasteiger partial charge in [0.1, 0.15) is 17.3 Å². The highest BCUT2D eigenvalue weighted by molar-refractivity contribution is 6.10. The van der Waals surface area contributed by atoms with Crippen molar-refractivity contribution in [3.05, 3.63) is 234 Å². The molecule has 0 saturated heterocycles. The fraction of sp³-hybridized carbons (Fsp3) is 0.231. The Kier molecular flexibility index (Phi) is 10.9. The molecule has 0 saturated carbocycles. The molecule has 13 rings (SSSR count). The summed E-state index contributed by atoms with van der Waals surface area (Å²) in [5.41, 5.74) is 17.3. The van der Waals surface area contributed by atoms with Gasteiger partial charge in [-0.15, -0.1) is 0 Å². The van der Waals surface area contributed by atoms with Crippen LogP contribution < -0.4 is 9.30 Å². The highest BCUT2D eigenvalue weighted by atomic mass is 16.5. The molecule has 0 unspecified atom stereocenters. The van der Waals surface area contributed by atoms with Crippen LogP contribution in [0.1, 0.15) is 125 Å². The second kappa shape index (κ2) is 19.4. The fourth-order valence-electron chi connectivity index (χ4n) is 12.2. The molecular weight excluding hydrogens is 1010 g/mol. The first kappa shape index (κ1) is 46.8. The van der Waals surface area contributed by atoms with Gasteiger partial charge in [0, 0.05) is 31.3 Å². The van der Waals surface area contributed by atoms with Crippen molar-refractivity contribution >= 4 is 32.8 Å². The van der Waals surface area contributed by atoms with Gasteiger partial charge >= 0.3 is 0 Å². The van der Waals surface area contributed by atoms with E-state index >= 15 is 0 Å². The van der Waals surface area contributed by atoms with Crippen LogP contribution in [0.5, 0.6) is 11.5 Å². The Balaban J connectivity index is 1.13. The fourth-order valence-corrected chi connectivity index (χ4v) is 12.2. The molecule has 0 N–H and O–H groups in total. The molecule has 12 aromatic rings. The van der Waals surface area contributed by atoms with Crippen LogP contribution in [0.2, 0.25) is 0 Å². The number of benzene rings is 9. The van der Waals surface area contributed by atoms with Gasteiger partial charge in [0.25, 0.3) is 6.33 Å². The Bertz CT molecular complexity index is 4770. The third-order valence-corrected chi connectivity index (χ3v) is 16.8. The molecule has 3 aromatic heterocycles. The Hall–Kier alpha value is -8.80. The smallest absolute Gasteiger partial charge is 0.269 e. The predicted molar refractivity (Wildman–Crippen MR) is 347 cm³/mol. The lowest BCUT2D eigenvalue weighted by Crippen LogP contribution is -2.32. The van der Waals surface area contributed by atoms with Gasteiger partial charge < -0.3 is 4.74 Å². The number of aromatic nitrogens is 4. The van der Waals surface area contributed by atoms with Gasteiger partial charge in [-0.25, -0.2) is 4.98 Å². The van der Waals surface area contributed by atoms with Gasteiger partial charge in [0.2, 0.25) is 0 Å². The summed E-state index contributed by atoms with van der Waals surface area (Å²) < 4.78 is 67.2. The summed E-state index contributed by atoms with van der Waals surface area (Å²) in [5.74, 6) is 2.01. The topological polar surface area (TPSA) is 35.9 Å². The molecule has 0 aliphatic carbocycles. The van der Waals surface area contributed by atoms with E-state index in [0.29, 0.717) is 28.3 Å². The molecular formula is C78H74N4O. The standard InChI is InChI=1S/C78H74N4O/c1-48-23-21-24-49(2)72(48)51-39-66-61-29-17-15-27-59(61)60-28-16-18-30-62(60)67-43-55(78(12,13)14)42-65(50-37-53(76(6,7)8)41-54(38-50)77(9,10)11)73(67)81-47-80(70(40-51)74(66)81)56-25-22-26-57(45-56)83-58-33-34-64-63-31-19-20-32-68(63)82(69(64)46-58)71-44-52(35-36-79-71)75(3,4)5/h15-46H,1-14H3/i1D3,2D3. The summed E-state index contributed by atoms with van der Waals surface area (Å²) in [6.07, 6.45) is 5.89. The van der Waals surface area contributed by atoms with E-state index in [9.17, 15) is 0 Å². The number of ether oxygens (including phenoxy) is 1. The minimum absolute atomic E-state index is 0.0471. The third-order valence-electron chi connectivity index (χ3n) is 16.8. The van der Waals surface area contributed by atoms with Crippen molar-refractivity contribution in [3.63, 3.8) is 0 Å². The Labute approximate surface area is 499 Å². The lowest BCUT2D eigenvalue weighted by Gasteiger charge is -2.29. The number of nitrogens with zero attached hydrogens (tertiary/aromatic N) is 4. The summed E-state index contributed by atoms with van der Waals surface area (Å²) in [5, 5.41) is 2.18. The molecule has 0 atom stereocenters. The normalized spacial score (nSPS) is 14.1. The number of pyridine rings is 1. The van der Waals surface area contributed by atoms with Crippen molar-refractivity contribution in [1.29, 1.82) is 0 Å². The van der Waals surface area contributed by atoms with Crippen LogP contribution in [0.15, 0.2) is 194 Å². The second-order valence-electron chi connectivity index (χ2n) is 26.7. The molecule has 0 bridgehead atoms. The number of imidazole rings is 1. The van der Waals surface area contributed by atoms with E-state index < -0.39 is 13.7 Å². The maximum absolute atomic E-state index is 8.95. The lowest BCUT2D eigenvalue weighted by molar-refractivity contribution is -0.570. The SMILES string of the molecule is [2H]C([2H])([2H])c1cccc(C([2H])([2H])[2H])c1-c1cc2c3c(c1)n(-c1cccc(Oc4ccc5c6ccccc6n(-c6cc(C(C)(C)C)ccn6)c5c4)c1)[c-][n+]3-c1c(-c3cc(C(C)(C)C)cc(C(C)(C)C)c3)cc(C(C)(C)C)cc1-c1ccccc1-c1ccccc1-2. The molecule has 1 aliphatic heterocycles. The van der Waals surface area contributed by atoms with Crippen molar-refractivity contribution in [2.45, 2.75) is 118 Å². The molecule has 9 aromatic carbocycles. The summed E-state index contributed by atoms with van der Waals surface area (Å²) >= 11 is 0. The maximum Gasteiger partial charge on any atom is 0.269 e. The Morgan fingerprint density at radius 3 is 1.65 bits per heavy atom. The largest absolute Gasteiger partial charge is 0.458 e. The van der Waals surface area contributed by atoms with Crippen molar-refractivity contribution in [1.82, 2.24) is 14.1 Å². The van der Waals surface area contributed by atoms with Crippen molar-refractivity contribution in [3.8, 4) is 84.3 Å². The van der Waals surface area contributed by atoms with Crippen molar-refractivity contribution in [2.24, 2.45) is 0 Å². The first-order chi connectivity index (χ1) is 41.9. The first-order valence-corrected chi connectivity index (χ1v) is 28.9. The summed E-state index contributed by atoms with van der Waals surface area (Å²) in [7, 11) is 0. The number of rotatable bonds is 6. The minimum Gasteiger partial charge on any atom is -0.458 e.